The number of piperidine rings is 1. The van der Waals surface area contributed by atoms with Crippen molar-refractivity contribution in [3.63, 3.8) is 0 Å². The van der Waals surface area contributed by atoms with E-state index in [-0.39, 0.29) is 37.3 Å². The summed E-state index contributed by atoms with van der Waals surface area (Å²) in [6, 6.07) is 17.3. The van der Waals surface area contributed by atoms with Crippen molar-refractivity contribution < 1.29 is 19.1 Å². The molecule has 1 saturated heterocycles. The lowest BCUT2D eigenvalue weighted by Crippen LogP contribution is -2.45. The maximum atomic E-state index is 12.2. The number of rotatable bonds is 7. The Morgan fingerprint density at radius 1 is 1.12 bits per heavy atom. The first kappa shape index (κ1) is 22.3. The van der Waals surface area contributed by atoms with Gasteiger partial charge in [-0.3, -0.25) is 9.59 Å². The molecule has 3 N–H and O–H groups in total. The molecule has 0 radical (unpaired) electrons. The molecule has 8 heteroatoms. The molecule has 2 atom stereocenters. The van der Waals surface area contributed by atoms with Crippen molar-refractivity contribution in [1.82, 2.24) is 16.0 Å². The summed E-state index contributed by atoms with van der Waals surface area (Å²) in [5, 5.41) is 17.1. The van der Waals surface area contributed by atoms with Gasteiger partial charge < -0.3 is 20.7 Å². The molecule has 170 valence electrons. The Bertz CT molecular complexity index is 1050. The van der Waals surface area contributed by atoms with Crippen LogP contribution in [0.2, 0.25) is 0 Å². The summed E-state index contributed by atoms with van der Waals surface area (Å²) in [7, 11) is 0. The predicted molar refractivity (Wildman–Crippen MR) is 121 cm³/mol. The lowest BCUT2D eigenvalue weighted by molar-refractivity contribution is -0.127. The Hall–Kier alpha value is -3.86. The van der Waals surface area contributed by atoms with Crippen LogP contribution in [0.5, 0.6) is 0 Å². The molecular formula is C25H26N4O4. The SMILES string of the molecule is N#C[C@H](C[C@@H]1CCCNC1=O)NC(=O)CNC(=O)OCC1c2ccccc2-c2ccccc21. The minimum absolute atomic E-state index is 0.0680. The van der Waals surface area contributed by atoms with Gasteiger partial charge in [0.15, 0.2) is 0 Å². The van der Waals surface area contributed by atoms with Crippen LogP contribution in [0.25, 0.3) is 11.1 Å². The van der Waals surface area contributed by atoms with Crippen molar-refractivity contribution in [3.05, 3.63) is 59.7 Å². The zero-order chi connectivity index (χ0) is 23.2. The van der Waals surface area contributed by atoms with Gasteiger partial charge in [-0.2, -0.15) is 5.26 Å². The lowest BCUT2D eigenvalue weighted by atomic mass is 9.92. The Morgan fingerprint density at radius 3 is 2.42 bits per heavy atom. The molecule has 3 amide bonds. The maximum Gasteiger partial charge on any atom is 0.407 e. The summed E-state index contributed by atoms with van der Waals surface area (Å²) in [6.45, 7) is 0.480. The highest BCUT2D eigenvalue weighted by Gasteiger charge is 2.29. The standard InChI is InChI=1S/C25H26N4O4/c26-13-17(12-16-6-5-11-27-24(16)31)29-23(30)14-28-25(32)33-15-22-20-9-3-1-7-18(20)19-8-2-4-10-21(19)22/h1-4,7-10,16-17,22H,5-6,11-12,14-15H2,(H,27,31)(H,28,32)(H,29,30)/t16-,17-/m0/s1. The van der Waals surface area contributed by atoms with Gasteiger partial charge in [-0.25, -0.2) is 4.79 Å². The number of hydrogen-bond acceptors (Lipinski definition) is 5. The van der Waals surface area contributed by atoms with Crippen molar-refractivity contribution in [2.45, 2.75) is 31.2 Å². The van der Waals surface area contributed by atoms with Gasteiger partial charge in [0.05, 0.1) is 6.07 Å². The molecule has 8 nitrogen and oxygen atoms in total. The van der Waals surface area contributed by atoms with Crippen molar-refractivity contribution in [2.75, 3.05) is 19.7 Å². The molecule has 0 bridgehead atoms. The molecule has 4 rings (SSSR count). The first-order chi connectivity index (χ1) is 16.1. The summed E-state index contributed by atoms with van der Waals surface area (Å²) >= 11 is 0. The maximum absolute atomic E-state index is 12.2. The third-order valence-corrected chi connectivity index (χ3v) is 6.15. The summed E-state index contributed by atoms with van der Waals surface area (Å²) in [4.78, 5) is 36.3. The second-order valence-electron chi connectivity index (χ2n) is 8.29. The van der Waals surface area contributed by atoms with Gasteiger partial charge in [-0.05, 0) is 41.5 Å². The lowest BCUT2D eigenvalue weighted by Gasteiger charge is -2.23. The normalized spacial score (nSPS) is 17.7. The van der Waals surface area contributed by atoms with E-state index in [1.165, 1.54) is 0 Å². The second-order valence-corrected chi connectivity index (χ2v) is 8.29. The Labute approximate surface area is 192 Å². The zero-order valence-corrected chi connectivity index (χ0v) is 18.2. The number of carbonyl (C=O) groups excluding carboxylic acids is 3. The molecular weight excluding hydrogens is 420 g/mol. The van der Waals surface area contributed by atoms with Crippen molar-refractivity contribution in [1.29, 1.82) is 5.26 Å². The summed E-state index contributed by atoms with van der Waals surface area (Å²) in [6.07, 6.45) is 1.09. The summed E-state index contributed by atoms with van der Waals surface area (Å²) in [5.41, 5.74) is 4.48. The van der Waals surface area contributed by atoms with Crippen LogP contribution in [0, 0.1) is 17.2 Å². The van der Waals surface area contributed by atoms with Gasteiger partial charge in [-0.1, -0.05) is 48.5 Å². The summed E-state index contributed by atoms with van der Waals surface area (Å²) < 4.78 is 5.41. The van der Waals surface area contributed by atoms with Crippen molar-refractivity contribution in [2.24, 2.45) is 5.92 Å². The average molecular weight is 447 g/mol. The molecule has 2 aromatic rings. The van der Waals surface area contributed by atoms with Crippen LogP contribution >= 0.6 is 0 Å². The molecule has 1 aliphatic carbocycles. The number of hydrogen-bond donors (Lipinski definition) is 3. The van der Waals surface area contributed by atoms with Crippen LogP contribution in [-0.2, 0) is 14.3 Å². The van der Waals surface area contributed by atoms with Crippen LogP contribution in [0.15, 0.2) is 48.5 Å². The van der Waals surface area contributed by atoms with E-state index in [4.69, 9.17) is 4.74 Å². The first-order valence-electron chi connectivity index (χ1n) is 11.1. The molecule has 33 heavy (non-hydrogen) atoms. The Morgan fingerprint density at radius 2 is 1.79 bits per heavy atom. The van der Waals surface area contributed by atoms with Crippen LogP contribution in [0.3, 0.4) is 0 Å². The van der Waals surface area contributed by atoms with Gasteiger partial charge in [0.25, 0.3) is 0 Å². The molecule has 2 aliphatic rings. The third-order valence-electron chi connectivity index (χ3n) is 6.15. The van der Waals surface area contributed by atoms with Crippen molar-refractivity contribution in [3.8, 4) is 17.2 Å². The van der Waals surface area contributed by atoms with E-state index >= 15 is 0 Å². The number of amides is 3. The van der Waals surface area contributed by atoms with E-state index < -0.39 is 18.0 Å². The molecule has 1 fully saturated rings. The van der Waals surface area contributed by atoms with Crippen molar-refractivity contribution >= 4 is 17.9 Å². The van der Waals surface area contributed by atoms with E-state index in [1.54, 1.807) is 0 Å². The van der Waals surface area contributed by atoms with E-state index in [0.717, 1.165) is 28.7 Å². The fourth-order valence-electron chi connectivity index (χ4n) is 4.54. The highest BCUT2D eigenvalue weighted by Crippen LogP contribution is 2.44. The molecule has 0 aromatic heterocycles. The fraction of sp³-hybridized carbons (Fsp3) is 0.360. The van der Waals surface area contributed by atoms with E-state index in [2.05, 4.69) is 28.1 Å². The second kappa shape index (κ2) is 10.2. The van der Waals surface area contributed by atoms with E-state index in [1.807, 2.05) is 42.5 Å². The van der Waals surface area contributed by atoms with Gasteiger partial charge in [0.2, 0.25) is 11.8 Å². The molecule has 0 spiro atoms. The fourth-order valence-corrected chi connectivity index (χ4v) is 4.54. The van der Waals surface area contributed by atoms with Gasteiger partial charge in [0.1, 0.15) is 19.2 Å². The average Bonchev–Trinajstić information content (AvgIpc) is 3.16. The van der Waals surface area contributed by atoms with Gasteiger partial charge >= 0.3 is 6.09 Å². The highest BCUT2D eigenvalue weighted by atomic mass is 16.5. The van der Waals surface area contributed by atoms with Crippen LogP contribution in [0.1, 0.15) is 36.3 Å². The highest BCUT2D eigenvalue weighted by molar-refractivity contribution is 5.83. The van der Waals surface area contributed by atoms with E-state index in [9.17, 15) is 19.6 Å². The largest absolute Gasteiger partial charge is 0.449 e. The van der Waals surface area contributed by atoms with Crippen LogP contribution < -0.4 is 16.0 Å². The third kappa shape index (κ3) is 5.14. The Kier molecular flexibility index (Phi) is 6.89. The first-order valence-corrected chi connectivity index (χ1v) is 11.1. The van der Waals surface area contributed by atoms with Gasteiger partial charge in [0, 0.05) is 18.4 Å². The quantitative estimate of drug-likeness (QED) is 0.603. The number of nitrogens with one attached hydrogen (secondary N) is 3. The predicted octanol–water partition coefficient (Wildman–Crippen LogP) is 2.45. The monoisotopic (exact) mass is 446 g/mol. The molecule has 1 aliphatic heterocycles. The number of nitrogens with zero attached hydrogens (tertiary/aromatic N) is 1. The number of fused-ring (bicyclic) bond motifs is 3. The number of ether oxygens (including phenoxy) is 1. The topological polar surface area (TPSA) is 120 Å². The summed E-state index contributed by atoms with van der Waals surface area (Å²) in [5.74, 6) is -0.959. The number of nitriles is 1. The zero-order valence-electron chi connectivity index (χ0n) is 18.2. The molecule has 2 aromatic carbocycles. The van der Waals surface area contributed by atoms with Crippen LogP contribution in [-0.4, -0.2) is 43.6 Å². The minimum atomic E-state index is -0.796. The Balaban J connectivity index is 1.25. The minimum Gasteiger partial charge on any atom is -0.449 e. The smallest absolute Gasteiger partial charge is 0.407 e. The molecule has 0 unspecified atom stereocenters. The number of alkyl carbamates (subject to hydrolysis) is 1. The molecule has 1 heterocycles. The number of carbonyl (C=O) groups is 3. The van der Waals surface area contributed by atoms with E-state index in [0.29, 0.717) is 13.0 Å². The van der Waals surface area contributed by atoms with Crippen LogP contribution in [0.4, 0.5) is 4.79 Å². The number of benzene rings is 2. The molecule has 0 saturated carbocycles. The van der Waals surface area contributed by atoms with Gasteiger partial charge in [-0.15, -0.1) is 0 Å².